The normalized spacial score (nSPS) is 41.5. The van der Waals surface area contributed by atoms with E-state index in [9.17, 15) is 0 Å². The Morgan fingerprint density at radius 2 is 1.50 bits per heavy atom. The lowest BCUT2D eigenvalue weighted by Crippen LogP contribution is -2.02. The lowest BCUT2D eigenvalue weighted by Gasteiger charge is -2.10. The molecule has 3 atom stereocenters. The Kier molecular flexibility index (Phi) is 4.89. The first-order valence-electron chi connectivity index (χ1n) is 5.73. The number of hydrogen-bond donors (Lipinski definition) is 0. The zero-order valence-corrected chi connectivity index (χ0v) is 9.78. The van der Waals surface area contributed by atoms with Gasteiger partial charge in [-0.25, -0.2) is 0 Å². The first-order valence-corrected chi connectivity index (χ1v) is 5.73. The summed E-state index contributed by atoms with van der Waals surface area (Å²) in [5.41, 5.74) is 0.819. The summed E-state index contributed by atoms with van der Waals surface area (Å²) in [7, 11) is 0. The van der Waals surface area contributed by atoms with Crippen molar-refractivity contribution >= 4 is 0 Å². The minimum Gasteiger partial charge on any atom is -0.0683 e. The second-order valence-corrected chi connectivity index (χ2v) is 3.89. The average molecular weight is 170 g/mol. The molecule has 0 saturated heterocycles. The molecule has 0 aromatic rings. The van der Waals surface area contributed by atoms with Crippen molar-refractivity contribution in [3.63, 3.8) is 0 Å². The Hall–Kier alpha value is 0. The molecule has 0 amide bonds. The summed E-state index contributed by atoms with van der Waals surface area (Å²) in [6.45, 7) is 12.9. The Bertz CT molecular complexity index is 115. The molecule has 12 heavy (non-hydrogen) atoms. The van der Waals surface area contributed by atoms with E-state index in [4.69, 9.17) is 0 Å². The van der Waals surface area contributed by atoms with Gasteiger partial charge in [0.1, 0.15) is 0 Å². The number of rotatable bonds is 0. The van der Waals surface area contributed by atoms with Crippen LogP contribution in [0.15, 0.2) is 0 Å². The van der Waals surface area contributed by atoms with E-state index >= 15 is 0 Å². The molecule has 0 bridgehead atoms. The topological polar surface area (TPSA) is 0 Å². The van der Waals surface area contributed by atoms with Crippen molar-refractivity contribution in [1.82, 2.24) is 0 Å². The van der Waals surface area contributed by atoms with Crippen molar-refractivity contribution in [2.75, 3.05) is 0 Å². The smallest absolute Gasteiger partial charge is 0.0269 e. The van der Waals surface area contributed by atoms with Gasteiger partial charge in [0.2, 0.25) is 0 Å². The van der Waals surface area contributed by atoms with E-state index in [1.165, 1.54) is 19.3 Å². The Morgan fingerprint density at radius 1 is 1.00 bits per heavy atom. The first kappa shape index (κ1) is 12.0. The lowest BCUT2D eigenvalue weighted by molar-refractivity contribution is 0.390. The SMILES string of the molecule is CC.CC.CC1CCC2CC12C. The third kappa shape index (κ3) is 2.02. The van der Waals surface area contributed by atoms with Gasteiger partial charge < -0.3 is 0 Å². The molecule has 2 fully saturated rings. The third-order valence-corrected chi connectivity index (χ3v) is 3.53. The van der Waals surface area contributed by atoms with Crippen LogP contribution in [0, 0.1) is 17.3 Å². The van der Waals surface area contributed by atoms with Gasteiger partial charge in [-0.3, -0.25) is 0 Å². The van der Waals surface area contributed by atoms with Crippen molar-refractivity contribution < 1.29 is 0 Å². The monoisotopic (exact) mass is 170 g/mol. The predicted octanol–water partition coefficient (Wildman–Crippen LogP) is 4.49. The van der Waals surface area contributed by atoms with Gasteiger partial charge in [0.15, 0.2) is 0 Å². The quantitative estimate of drug-likeness (QED) is 0.502. The second kappa shape index (κ2) is 4.89. The maximum absolute atomic E-state index is 2.45. The van der Waals surface area contributed by atoms with Gasteiger partial charge in [-0.15, -0.1) is 0 Å². The van der Waals surface area contributed by atoms with E-state index in [2.05, 4.69) is 13.8 Å². The van der Waals surface area contributed by atoms with Crippen LogP contribution in [0.5, 0.6) is 0 Å². The van der Waals surface area contributed by atoms with Gasteiger partial charge in [0.25, 0.3) is 0 Å². The Morgan fingerprint density at radius 3 is 1.58 bits per heavy atom. The largest absolute Gasteiger partial charge is 0.0683 e. The molecule has 0 spiro atoms. The summed E-state index contributed by atoms with van der Waals surface area (Å²) in [6, 6.07) is 0. The van der Waals surface area contributed by atoms with Crippen LogP contribution in [0.25, 0.3) is 0 Å². The van der Waals surface area contributed by atoms with E-state index in [1.54, 1.807) is 0 Å². The van der Waals surface area contributed by atoms with Crippen molar-refractivity contribution in [1.29, 1.82) is 0 Å². The van der Waals surface area contributed by atoms with Crippen LogP contribution >= 0.6 is 0 Å². The summed E-state index contributed by atoms with van der Waals surface area (Å²) in [6.07, 6.45) is 4.56. The molecule has 2 aliphatic rings. The molecule has 74 valence electrons. The van der Waals surface area contributed by atoms with Crippen molar-refractivity contribution in [2.24, 2.45) is 17.3 Å². The zero-order chi connectivity index (χ0) is 9.78. The minimum atomic E-state index is 0.819. The Labute approximate surface area is 78.8 Å². The van der Waals surface area contributed by atoms with Crippen molar-refractivity contribution in [3.8, 4) is 0 Å². The standard InChI is InChI=1S/C8H14.2C2H6/c1-6-3-4-7-5-8(6,7)2;2*1-2/h6-7H,3-5H2,1-2H3;2*1-2H3. The highest BCUT2D eigenvalue weighted by Crippen LogP contribution is 2.65. The average Bonchev–Trinajstić information content (AvgIpc) is 2.74. The van der Waals surface area contributed by atoms with E-state index in [1.807, 2.05) is 27.7 Å². The fourth-order valence-corrected chi connectivity index (χ4v) is 2.29. The van der Waals surface area contributed by atoms with Crippen LogP contribution in [-0.4, -0.2) is 0 Å². The molecule has 0 heterocycles. The highest BCUT2D eigenvalue weighted by molar-refractivity contribution is 5.06. The first-order chi connectivity index (χ1) is 5.73. The van der Waals surface area contributed by atoms with Crippen LogP contribution in [0.2, 0.25) is 0 Å². The third-order valence-electron chi connectivity index (χ3n) is 3.53. The fourth-order valence-electron chi connectivity index (χ4n) is 2.29. The van der Waals surface area contributed by atoms with E-state index in [0.29, 0.717) is 0 Å². The summed E-state index contributed by atoms with van der Waals surface area (Å²) in [5.74, 6) is 2.17. The molecule has 0 aliphatic heterocycles. The predicted molar refractivity (Wildman–Crippen MR) is 57.3 cm³/mol. The molecule has 2 saturated carbocycles. The van der Waals surface area contributed by atoms with Gasteiger partial charge >= 0.3 is 0 Å². The molecule has 2 rings (SSSR count). The molecule has 0 radical (unpaired) electrons. The Balaban J connectivity index is 0.000000269. The minimum absolute atomic E-state index is 0.819. The number of hydrogen-bond acceptors (Lipinski definition) is 0. The van der Waals surface area contributed by atoms with E-state index in [-0.39, 0.29) is 0 Å². The fraction of sp³-hybridized carbons (Fsp3) is 1.00. The van der Waals surface area contributed by atoms with Gasteiger partial charge in [0.05, 0.1) is 0 Å². The van der Waals surface area contributed by atoms with Gasteiger partial charge in [-0.05, 0) is 36.5 Å². The van der Waals surface area contributed by atoms with Crippen molar-refractivity contribution in [3.05, 3.63) is 0 Å². The molecule has 0 nitrogen and oxygen atoms in total. The van der Waals surface area contributed by atoms with Gasteiger partial charge in [-0.1, -0.05) is 41.5 Å². The van der Waals surface area contributed by atoms with Gasteiger partial charge in [0, 0.05) is 0 Å². The maximum atomic E-state index is 2.45. The van der Waals surface area contributed by atoms with Crippen LogP contribution in [0.4, 0.5) is 0 Å². The summed E-state index contributed by atoms with van der Waals surface area (Å²) < 4.78 is 0. The highest BCUT2D eigenvalue weighted by atomic mass is 14.6. The molecular formula is C12H26. The summed E-state index contributed by atoms with van der Waals surface area (Å²) in [4.78, 5) is 0. The second-order valence-electron chi connectivity index (χ2n) is 3.89. The van der Waals surface area contributed by atoms with Crippen LogP contribution in [0.3, 0.4) is 0 Å². The highest BCUT2D eigenvalue weighted by Gasteiger charge is 2.56. The van der Waals surface area contributed by atoms with Gasteiger partial charge in [-0.2, -0.15) is 0 Å². The molecule has 2 aliphatic carbocycles. The summed E-state index contributed by atoms with van der Waals surface area (Å²) in [5, 5.41) is 0. The van der Waals surface area contributed by atoms with Crippen LogP contribution < -0.4 is 0 Å². The summed E-state index contributed by atoms with van der Waals surface area (Å²) >= 11 is 0. The zero-order valence-electron chi connectivity index (χ0n) is 9.78. The maximum Gasteiger partial charge on any atom is -0.0269 e. The van der Waals surface area contributed by atoms with E-state index < -0.39 is 0 Å². The lowest BCUT2D eigenvalue weighted by atomic mass is 9.95. The molecule has 0 aromatic heterocycles. The van der Waals surface area contributed by atoms with E-state index in [0.717, 1.165) is 17.3 Å². The molecule has 0 aromatic carbocycles. The molecule has 0 heteroatoms. The van der Waals surface area contributed by atoms with Crippen molar-refractivity contribution in [2.45, 2.75) is 60.8 Å². The molecule has 0 N–H and O–H groups in total. The van der Waals surface area contributed by atoms with Crippen LogP contribution in [-0.2, 0) is 0 Å². The van der Waals surface area contributed by atoms with Crippen LogP contribution in [0.1, 0.15) is 60.8 Å². The number of fused-ring (bicyclic) bond motifs is 1. The molecular weight excluding hydrogens is 144 g/mol. The molecule has 3 unspecified atom stereocenters.